The smallest absolute Gasteiger partial charge is 0.394 e. The number of hydrogen-bond donors (Lipinski definition) is 4. The van der Waals surface area contributed by atoms with Crippen LogP contribution in [-0.2, 0) is 19.6 Å². The molecule has 1 unspecified atom stereocenters. The lowest BCUT2D eigenvalue weighted by Crippen LogP contribution is -2.52. The maximum absolute atomic E-state index is 12.6. The van der Waals surface area contributed by atoms with E-state index in [1.807, 2.05) is 0 Å². The van der Waals surface area contributed by atoms with Gasteiger partial charge in [-0.05, 0) is 25.1 Å². The molecule has 4 N–H and O–H groups in total. The molecule has 0 spiro atoms. The molecule has 1 rings (SSSR count). The number of ether oxygens (including phenoxy) is 1. The van der Waals surface area contributed by atoms with Crippen LogP contribution in [0.25, 0.3) is 0 Å². The van der Waals surface area contributed by atoms with Crippen molar-refractivity contribution in [2.24, 2.45) is 0 Å². The molecule has 8 nitrogen and oxygen atoms in total. The average molecular weight is 435 g/mol. The molecule has 1 atom stereocenters. The van der Waals surface area contributed by atoms with Crippen molar-refractivity contribution in [2.45, 2.75) is 23.6 Å². The Bertz CT molecular complexity index is 771. The van der Waals surface area contributed by atoms with Crippen molar-refractivity contribution in [3.05, 3.63) is 23.2 Å². The number of rotatable bonds is 9. The van der Waals surface area contributed by atoms with Gasteiger partial charge >= 0.3 is 6.18 Å². The van der Waals surface area contributed by atoms with Crippen molar-refractivity contribution in [3.63, 3.8) is 0 Å². The fourth-order valence-electron chi connectivity index (χ4n) is 1.64. The van der Waals surface area contributed by atoms with E-state index in [1.165, 1.54) is 0 Å². The van der Waals surface area contributed by atoms with Crippen LogP contribution in [0.2, 0.25) is 5.02 Å². The molecule has 0 radical (unpaired) electrons. The molecular weight excluding hydrogens is 417 g/mol. The topological polar surface area (TPSA) is 125 Å². The quantitative estimate of drug-likeness (QED) is 0.428. The van der Waals surface area contributed by atoms with Crippen molar-refractivity contribution < 1.29 is 41.3 Å². The zero-order chi connectivity index (χ0) is 20.9. The highest BCUT2D eigenvalue weighted by atomic mass is 35.5. The minimum Gasteiger partial charge on any atom is -0.394 e. The van der Waals surface area contributed by atoms with Gasteiger partial charge in [-0.25, -0.2) is 13.1 Å². The maximum Gasteiger partial charge on any atom is 0.426 e. The molecule has 154 valence electrons. The number of aliphatic hydroxyl groups excluding tert-OH is 1. The number of anilines is 1. The third kappa shape index (κ3) is 6.30. The summed E-state index contributed by atoms with van der Waals surface area (Å²) in [6, 6.07) is 2.93. The Morgan fingerprint density at radius 3 is 2.44 bits per heavy atom. The highest BCUT2D eigenvalue weighted by Crippen LogP contribution is 2.32. The summed E-state index contributed by atoms with van der Waals surface area (Å²) >= 11 is 5.82. The second kappa shape index (κ2) is 9.17. The van der Waals surface area contributed by atoms with Gasteiger partial charge in [-0.1, -0.05) is 11.6 Å². The van der Waals surface area contributed by atoms with Gasteiger partial charge in [0.15, 0.2) is 0 Å². The van der Waals surface area contributed by atoms with Gasteiger partial charge in [-0.2, -0.15) is 13.2 Å². The van der Waals surface area contributed by atoms with E-state index in [4.69, 9.17) is 21.4 Å². The first-order valence-corrected chi connectivity index (χ1v) is 9.27. The Balaban J connectivity index is 2.86. The van der Waals surface area contributed by atoms with E-state index in [0.717, 1.165) is 18.2 Å². The van der Waals surface area contributed by atoms with Crippen LogP contribution in [0.3, 0.4) is 0 Å². The molecule has 0 bridgehead atoms. The van der Waals surface area contributed by atoms with Crippen LogP contribution in [-0.4, -0.2) is 62.7 Å². The Hall–Kier alpha value is -1.44. The molecule has 0 saturated heterocycles. The van der Waals surface area contributed by atoms with Gasteiger partial charge in [-0.3, -0.25) is 4.79 Å². The van der Waals surface area contributed by atoms with Crippen LogP contribution >= 0.6 is 11.6 Å². The fourth-order valence-corrected chi connectivity index (χ4v) is 2.97. The standard InChI is InChI=1S/C14H18ClF3N2O6S/c1-13(23,14(16,17)18)12(22)20-11-3-2-9(8-10(11)15)27(24,25)19-4-6-26-7-5-21/h2-3,8,19,21,23H,4-7H2,1H3,(H,20,22). The SMILES string of the molecule is CC(O)(C(=O)Nc1ccc(S(=O)(=O)NCCOCCO)cc1Cl)C(F)(F)F. The molecule has 0 aliphatic heterocycles. The molecule has 1 amide bonds. The van der Waals surface area contributed by atoms with Crippen molar-refractivity contribution in [1.29, 1.82) is 0 Å². The van der Waals surface area contributed by atoms with E-state index in [0.29, 0.717) is 0 Å². The molecular formula is C14H18ClF3N2O6S. The second-order valence-corrected chi connectivity index (χ2v) is 7.57. The predicted molar refractivity (Wildman–Crippen MR) is 89.9 cm³/mol. The third-order valence-corrected chi connectivity index (χ3v) is 5.04. The Morgan fingerprint density at radius 1 is 1.30 bits per heavy atom. The van der Waals surface area contributed by atoms with Crippen LogP contribution in [0.15, 0.2) is 23.1 Å². The van der Waals surface area contributed by atoms with Crippen molar-refractivity contribution in [2.75, 3.05) is 31.7 Å². The van der Waals surface area contributed by atoms with Gasteiger partial charge in [0.2, 0.25) is 15.6 Å². The van der Waals surface area contributed by atoms with Gasteiger partial charge in [0.1, 0.15) is 0 Å². The molecule has 1 aromatic carbocycles. The highest BCUT2D eigenvalue weighted by Gasteiger charge is 2.55. The highest BCUT2D eigenvalue weighted by molar-refractivity contribution is 7.89. The number of nitrogens with one attached hydrogen (secondary N) is 2. The van der Waals surface area contributed by atoms with E-state index >= 15 is 0 Å². The largest absolute Gasteiger partial charge is 0.426 e. The molecule has 0 saturated carbocycles. The van der Waals surface area contributed by atoms with E-state index in [2.05, 4.69) is 4.72 Å². The fraction of sp³-hybridized carbons (Fsp3) is 0.500. The van der Waals surface area contributed by atoms with Crippen molar-refractivity contribution in [1.82, 2.24) is 4.72 Å². The molecule has 0 heterocycles. The maximum atomic E-state index is 12.6. The number of sulfonamides is 1. The lowest BCUT2D eigenvalue weighted by atomic mass is 10.1. The third-order valence-electron chi connectivity index (χ3n) is 3.27. The van der Waals surface area contributed by atoms with Crippen LogP contribution in [0, 0.1) is 0 Å². The molecule has 1 aromatic rings. The first kappa shape index (κ1) is 23.6. The Kier molecular flexibility index (Phi) is 8.01. The van der Waals surface area contributed by atoms with Gasteiger partial charge < -0.3 is 20.3 Å². The zero-order valence-electron chi connectivity index (χ0n) is 14.0. The minimum absolute atomic E-state index is 0.00812. The summed E-state index contributed by atoms with van der Waals surface area (Å²) in [7, 11) is -3.99. The first-order valence-electron chi connectivity index (χ1n) is 7.41. The summed E-state index contributed by atoms with van der Waals surface area (Å²) in [6.07, 6.45) is -5.21. The average Bonchev–Trinajstić information content (AvgIpc) is 2.55. The summed E-state index contributed by atoms with van der Waals surface area (Å²) in [5.41, 5.74) is -3.96. The number of hydrogen-bond acceptors (Lipinski definition) is 6. The van der Waals surface area contributed by atoms with Gasteiger partial charge in [0.25, 0.3) is 5.91 Å². The molecule has 0 aliphatic carbocycles. The number of halogens is 4. The first-order chi connectivity index (χ1) is 12.3. The van der Waals surface area contributed by atoms with Gasteiger partial charge in [0.05, 0.1) is 35.4 Å². The van der Waals surface area contributed by atoms with Crippen LogP contribution in [0.5, 0.6) is 0 Å². The number of carbonyl (C=O) groups excluding carboxylic acids is 1. The monoisotopic (exact) mass is 434 g/mol. The minimum atomic E-state index is -5.21. The summed E-state index contributed by atoms with van der Waals surface area (Å²) in [5.74, 6) is -1.77. The second-order valence-electron chi connectivity index (χ2n) is 5.40. The number of benzene rings is 1. The van der Waals surface area contributed by atoms with Crippen LogP contribution < -0.4 is 10.0 Å². The zero-order valence-corrected chi connectivity index (χ0v) is 15.6. The van der Waals surface area contributed by atoms with E-state index in [-0.39, 0.29) is 48.9 Å². The number of alkyl halides is 3. The van der Waals surface area contributed by atoms with Gasteiger partial charge in [-0.15, -0.1) is 0 Å². The summed E-state index contributed by atoms with van der Waals surface area (Å²) in [4.78, 5) is 11.3. The van der Waals surface area contributed by atoms with Crippen molar-refractivity contribution >= 4 is 33.2 Å². The van der Waals surface area contributed by atoms with Crippen LogP contribution in [0.1, 0.15) is 6.92 Å². The van der Waals surface area contributed by atoms with E-state index in [9.17, 15) is 31.5 Å². The summed E-state index contributed by atoms with van der Waals surface area (Å²) in [6.45, 7) is 0.0271. The summed E-state index contributed by atoms with van der Waals surface area (Å²) in [5, 5.41) is 19.3. The molecule has 13 heteroatoms. The molecule has 27 heavy (non-hydrogen) atoms. The molecule has 0 aromatic heterocycles. The number of amides is 1. The number of carbonyl (C=O) groups is 1. The van der Waals surface area contributed by atoms with Crippen LogP contribution in [0.4, 0.5) is 18.9 Å². The Labute approximate surface area is 158 Å². The summed E-state index contributed by atoms with van der Waals surface area (Å²) < 4.78 is 69.2. The predicted octanol–water partition coefficient (Wildman–Crippen LogP) is 0.879. The van der Waals surface area contributed by atoms with E-state index < -0.39 is 27.7 Å². The Morgan fingerprint density at radius 2 is 1.93 bits per heavy atom. The lowest BCUT2D eigenvalue weighted by molar-refractivity contribution is -0.242. The molecule has 0 aliphatic rings. The van der Waals surface area contributed by atoms with Gasteiger partial charge in [0, 0.05) is 6.54 Å². The lowest BCUT2D eigenvalue weighted by Gasteiger charge is -2.25. The van der Waals surface area contributed by atoms with Crippen molar-refractivity contribution in [3.8, 4) is 0 Å². The molecule has 0 fully saturated rings. The van der Waals surface area contributed by atoms with E-state index in [1.54, 1.807) is 5.32 Å². The normalized spacial score (nSPS) is 14.6. The number of aliphatic hydroxyl groups is 2.